The van der Waals surface area contributed by atoms with E-state index in [1.807, 2.05) is 0 Å². The number of benzene rings is 1. The fourth-order valence-electron chi connectivity index (χ4n) is 1.97. The molecule has 0 aromatic heterocycles. The van der Waals surface area contributed by atoms with Gasteiger partial charge in [0.25, 0.3) is 0 Å². The number of halogens is 1. The summed E-state index contributed by atoms with van der Waals surface area (Å²) in [5.74, 6) is 0.693. The molecule has 0 fully saturated rings. The van der Waals surface area contributed by atoms with Gasteiger partial charge in [0.15, 0.2) is 0 Å². The summed E-state index contributed by atoms with van der Waals surface area (Å²) < 4.78 is 0. The van der Waals surface area contributed by atoms with Crippen molar-refractivity contribution in [2.24, 2.45) is 0 Å². The second-order valence-corrected chi connectivity index (χ2v) is 6.58. The maximum Gasteiger partial charge on any atom is 0.0351 e. The molecule has 0 heterocycles. The lowest BCUT2D eigenvalue weighted by Crippen LogP contribution is -2.32. The highest BCUT2D eigenvalue weighted by atomic mass is 35.5. The van der Waals surface area contributed by atoms with Crippen molar-refractivity contribution in [3.8, 4) is 0 Å². The van der Waals surface area contributed by atoms with Gasteiger partial charge in [-0.2, -0.15) is 0 Å². The number of nitrogens with zero attached hydrogens (tertiary/aromatic N) is 1. The Morgan fingerprint density at radius 1 is 1.11 bits per heavy atom. The third kappa shape index (κ3) is 4.62. The lowest BCUT2D eigenvalue weighted by molar-refractivity contribution is 0.226. The van der Waals surface area contributed by atoms with Crippen LogP contribution in [0.4, 0.5) is 0 Å². The van der Waals surface area contributed by atoms with Crippen molar-refractivity contribution in [2.45, 2.75) is 52.6 Å². The Morgan fingerprint density at radius 3 is 2.06 bits per heavy atom. The van der Waals surface area contributed by atoms with Crippen LogP contribution in [0.2, 0.25) is 0 Å². The molecule has 102 valence electrons. The van der Waals surface area contributed by atoms with E-state index in [0.717, 1.165) is 13.1 Å². The first-order valence-electron chi connectivity index (χ1n) is 6.74. The molecule has 0 bridgehead atoms. The second kappa shape index (κ2) is 6.58. The van der Waals surface area contributed by atoms with E-state index in [1.54, 1.807) is 0 Å². The molecule has 1 nitrogen and oxygen atoms in total. The van der Waals surface area contributed by atoms with Gasteiger partial charge >= 0.3 is 0 Å². The summed E-state index contributed by atoms with van der Waals surface area (Å²) >= 11 is 5.85. The number of hydrogen-bond donors (Lipinski definition) is 0. The standard InChI is InChI=1S/C16H26ClN/c1-13(2)18(11-10-17)12-14-6-8-15(9-7-14)16(3,4)5/h6-9,13H,10-12H2,1-5H3. The number of rotatable bonds is 5. The third-order valence-corrected chi connectivity index (χ3v) is 3.48. The molecule has 0 spiro atoms. The normalized spacial score (nSPS) is 12.4. The van der Waals surface area contributed by atoms with Gasteiger partial charge in [-0.1, -0.05) is 45.0 Å². The summed E-state index contributed by atoms with van der Waals surface area (Å²) in [6, 6.07) is 9.50. The monoisotopic (exact) mass is 267 g/mol. The van der Waals surface area contributed by atoms with Crippen molar-refractivity contribution < 1.29 is 0 Å². The molecular formula is C16H26ClN. The van der Waals surface area contributed by atoms with Crippen molar-refractivity contribution in [3.05, 3.63) is 35.4 Å². The Balaban J connectivity index is 2.73. The fraction of sp³-hybridized carbons (Fsp3) is 0.625. The molecule has 0 atom stereocenters. The van der Waals surface area contributed by atoms with Crippen molar-refractivity contribution >= 4 is 11.6 Å². The first kappa shape index (κ1) is 15.5. The van der Waals surface area contributed by atoms with E-state index in [-0.39, 0.29) is 5.41 Å². The summed E-state index contributed by atoms with van der Waals surface area (Å²) in [5.41, 5.74) is 2.98. The molecule has 0 aliphatic carbocycles. The quantitative estimate of drug-likeness (QED) is 0.713. The fourth-order valence-corrected chi connectivity index (χ4v) is 2.19. The number of alkyl halides is 1. The van der Waals surface area contributed by atoms with Crippen molar-refractivity contribution in [2.75, 3.05) is 12.4 Å². The molecular weight excluding hydrogens is 242 g/mol. The Labute approximate surface area is 117 Å². The smallest absolute Gasteiger partial charge is 0.0351 e. The van der Waals surface area contributed by atoms with Crippen LogP contribution in [0.25, 0.3) is 0 Å². The highest BCUT2D eigenvalue weighted by Crippen LogP contribution is 2.22. The van der Waals surface area contributed by atoms with Crippen LogP contribution in [-0.2, 0) is 12.0 Å². The third-order valence-electron chi connectivity index (χ3n) is 3.31. The van der Waals surface area contributed by atoms with Gasteiger partial charge in [-0.25, -0.2) is 0 Å². The van der Waals surface area contributed by atoms with E-state index < -0.39 is 0 Å². The van der Waals surface area contributed by atoms with Gasteiger partial charge in [0.2, 0.25) is 0 Å². The molecule has 0 unspecified atom stereocenters. The summed E-state index contributed by atoms with van der Waals surface area (Å²) in [6.45, 7) is 13.1. The van der Waals surface area contributed by atoms with Crippen LogP contribution < -0.4 is 0 Å². The molecule has 0 amide bonds. The van der Waals surface area contributed by atoms with Gasteiger partial charge in [-0.15, -0.1) is 11.6 Å². The first-order chi connectivity index (χ1) is 8.34. The molecule has 2 heteroatoms. The van der Waals surface area contributed by atoms with E-state index >= 15 is 0 Å². The minimum absolute atomic E-state index is 0.229. The highest BCUT2D eigenvalue weighted by molar-refractivity contribution is 6.18. The first-order valence-corrected chi connectivity index (χ1v) is 7.27. The summed E-state index contributed by atoms with van der Waals surface area (Å²) in [5, 5.41) is 0. The number of hydrogen-bond acceptors (Lipinski definition) is 1. The molecule has 0 saturated carbocycles. The minimum Gasteiger partial charge on any atom is -0.296 e. The van der Waals surface area contributed by atoms with Crippen molar-refractivity contribution in [1.29, 1.82) is 0 Å². The van der Waals surface area contributed by atoms with Crippen LogP contribution in [0.1, 0.15) is 45.7 Å². The van der Waals surface area contributed by atoms with Crippen LogP contribution in [-0.4, -0.2) is 23.4 Å². The maximum atomic E-state index is 5.85. The van der Waals surface area contributed by atoms with E-state index in [4.69, 9.17) is 11.6 Å². The summed E-state index contributed by atoms with van der Waals surface area (Å²) in [6.07, 6.45) is 0. The maximum absolute atomic E-state index is 5.85. The predicted octanol–water partition coefficient (Wildman–Crippen LogP) is 4.43. The molecule has 1 rings (SSSR count). The lowest BCUT2D eigenvalue weighted by atomic mass is 9.87. The van der Waals surface area contributed by atoms with Crippen LogP contribution >= 0.6 is 11.6 Å². The summed E-state index contributed by atoms with van der Waals surface area (Å²) in [4.78, 5) is 2.40. The van der Waals surface area contributed by atoms with E-state index in [9.17, 15) is 0 Å². The topological polar surface area (TPSA) is 3.24 Å². The van der Waals surface area contributed by atoms with Crippen LogP contribution in [0.5, 0.6) is 0 Å². The zero-order valence-electron chi connectivity index (χ0n) is 12.3. The Kier molecular flexibility index (Phi) is 5.68. The molecule has 18 heavy (non-hydrogen) atoms. The van der Waals surface area contributed by atoms with Gasteiger partial charge in [0.05, 0.1) is 0 Å². The van der Waals surface area contributed by atoms with Crippen molar-refractivity contribution in [3.63, 3.8) is 0 Å². The Bertz CT molecular complexity index is 348. The largest absolute Gasteiger partial charge is 0.296 e. The SMILES string of the molecule is CC(C)N(CCCl)Cc1ccc(C(C)(C)C)cc1. The Morgan fingerprint density at radius 2 is 1.67 bits per heavy atom. The average Bonchev–Trinajstić information content (AvgIpc) is 2.28. The average molecular weight is 268 g/mol. The van der Waals surface area contributed by atoms with Crippen LogP contribution in [0.15, 0.2) is 24.3 Å². The van der Waals surface area contributed by atoms with Gasteiger partial charge in [0.1, 0.15) is 0 Å². The van der Waals surface area contributed by atoms with E-state index in [1.165, 1.54) is 11.1 Å². The van der Waals surface area contributed by atoms with Crippen LogP contribution in [0.3, 0.4) is 0 Å². The van der Waals surface area contributed by atoms with Gasteiger partial charge < -0.3 is 0 Å². The lowest BCUT2D eigenvalue weighted by Gasteiger charge is -2.26. The Hall–Kier alpha value is -0.530. The van der Waals surface area contributed by atoms with Gasteiger partial charge in [-0.05, 0) is 30.4 Å². The predicted molar refractivity (Wildman–Crippen MR) is 81.4 cm³/mol. The van der Waals surface area contributed by atoms with Crippen LogP contribution in [0, 0.1) is 0 Å². The van der Waals surface area contributed by atoms with E-state index in [0.29, 0.717) is 11.9 Å². The molecule has 0 radical (unpaired) electrons. The van der Waals surface area contributed by atoms with Gasteiger partial charge in [0, 0.05) is 25.0 Å². The zero-order valence-corrected chi connectivity index (χ0v) is 13.1. The highest BCUT2D eigenvalue weighted by Gasteiger charge is 2.14. The summed E-state index contributed by atoms with van der Waals surface area (Å²) in [7, 11) is 0. The van der Waals surface area contributed by atoms with Crippen molar-refractivity contribution in [1.82, 2.24) is 4.90 Å². The molecule has 0 aliphatic heterocycles. The molecule has 1 aromatic carbocycles. The molecule has 1 aromatic rings. The minimum atomic E-state index is 0.229. The van der Waals surface area contributed by atoms with Gasteiger partial charge in [-0.3, -0.25) is 4.90 Å². The molecule has 0 aliphatic rings. The second-order valence-electron chi connectivity index (χ2n) is 6.20. The molecule has 0 N–H and O–H groups in total. The molecule has 0 saturated heterocycles. The van der Waals surface area contributed by atoms with E-state index in [2.05, 4.69) is 63.8 Å². The zero-order chi connectivity index (χ0) is 13.8.